The second-order valence-electron chi connectivity index (χ2n) is 7.42. The van der Waals surface area contributed by atoms with Gasteiger partial charge in [0.15, 0.2) is 0 Å². The SMILES string of the molecule is Cn1cc(-c2ccc3c(c2)ncn3-c2cc(NS(C)(=O)=O)cc(-n3cccc3)c2)cn1. The van der Waals surface area contributed by atoms with Gasteiger partial charge in [0.1, 0.15) is 6.33 Å². The molecule has 0 saturated heterocycles. The Morgan fingerprint density at radius 3 is 2.45 bits per heavy atom. The average Bonchev–Trinajstić information content (AvgIpc) is 3.46. The first kappa shape index (κ1) is 19.1. The van der Waals surface area contributed by atoms with E-state index in [1.165, 1.54) is 0 Å². The summed E-state index contributed by atoms with van der Waals surface area (Å²) in [6, 6.07) is 15.5. The van der Waals surface area contributed by atoms with E-state index < -0.39 is 10.0 Å². The summed E-state index contributed by atoms with van der Waals surface area (Å²) in [5, 5.41) is 4.23. The third-order valence-corrected chi connectivity index (χ3v) is 5.58. The molecular weight excluding hydrogens is 412 g/mol. The van der Waals surface area contributed by atoms with Gasteiger partial charge in [0, 0.05) is 36.9 Å². The monoisotopic (exact) mass is 432 g/mol. The first-order valence-electron chi connectivity index (χ1n) is 9.58. The van der Waals surface area contributed by atoms with E-state index in [0.29, 0.717) is 5.69 Å². The molecule has 0 bridgehead atoms. The number of anilines is 1. The van der Waals surface area contributed by atoms with Crippen molar-refractivity contribution in [2.45, 2.75) is 0 Å². The number of hydrogen-bond acceptors (Lipinski definition) is 4. The molecule has 0 atom stereocenters. The van der Waals surface area contributed by atoms with E-state index in [1.54, 1.807) is 23.1 Å². The lowest BCUT2D eigenvalue weighted by atomic mass is 10.1. The van der Waals surface area contributed by atoms with E-state index in [9.17, 15) is 8.42 Å². The highest BCUT2D eigenvalue weighted by molar-refractivity contribution is 7.92. The molecule has 0 aliphatic carbocycles. The summed E-state index contributed by atoms with van der Waals surface area (Å²) in [7, 11) is -1.53. The van der Waals surface area contributed by atoms with Gasteiger partial charge in [0.05, 0.1) is 34.9 Å². The molecule has 8 nitrogen and oxygen atoms in total. The largest absolute Gasteiger partial charge is 0.324 e. The summed E-state index contributed by atoms with van der Waals surface area (Å²) in [4.78, 5) is 4.57. The van der Waals surface area contributed by atoms with Gasteiger partial charge in [-0.05, 0) is 48.0 Å². The second-order valence-corrected chi connectivity index (χ2v) is 9.17. The van der Waals surface area contributed by atoms with E-state index in [1.807, 2.05) is 77.4 Å². The highest BCUT2D eigenvalue weighted by Gasteiger charge is 2.12. The number of imidazole rings is 1. The van der Waals surface area contributed by atoms with E-state index >= 15 is 0 Å². The number of nitrogens with zero attached hydrogens (tertiary/aromatic N) is 5. The van der Waals surface area contributed by atoms with Crippen LogP contribution in [0.2, 0.25) is 0 Å². The molecule has 3 aromatic heterocycles. The van der Waals surface area contributed by atoms with Crippen LogP contribution in [0.15, 0.2) is 79.6 Å². The van der Waals surface area contributed by atoms with Crippen molar-refractivity contribution in [2.75, 3.05) is 11.0 Å². The Kier molecular flexibility index (Phi) is 4.40. The quantitative estimate of drug-likeness (QED) is 0.460. The first-order chi connectivity index (χ1) is 14.9. The highest BCUT2D eigenvalue weighted by Crippen LogP contribution is 2.28. The van der Waals surface area contributed by atoms with Crippen LogP contribution >= 0.6 is 0 Å². The Bertz CT molecular complexity index is 1500. The zero-order chi connectivity index (χ0) is 21.6. The maximum Gasteiger partial charge on any atom is 0.229 e. The van der Waals surface area contributed by atoms with Gasteiger partial charge in [-0.15, -0.1) is 0 Å². The van der Waals surface area contributed by atoms with Crippen LogP contribution in [0.3, 0.4) is 0 Å². The lowest BCUT2D eigenvalue weighted by Crippen LogP contribution is -2.10. The Morgan fingerprint density at radius 1 is 0.968 bits per heavy atom. The topological polar surface area (TPSA) is 86.7 Å². The van der Waals surface area contributed by atoms with Crippen LogP contribution in [0.25, 0.3) is 33.5 Å². The molecule has 3 heterocycles. The van der Waals surface area contributed by atoms with Gasteiger partial charge < -0.3 is 4.57 Å². The molecule has 5 aromatic rings. The normalized spacial score (nSPS) is 11.8. The molecule has 31 heavy (non-hydrogen) atoms. The number of fused-ring (bicyclic) bond motifs is 1. The molecule has 0 fully saturated rings. The van der Waals surface area contributed by atoms with E-state index in [4.69, 9.17) is 0 Å². The number of nitrogens with one attached hydrogen (secondary N) is 1. The summed E-state index contributed by atoms with van der Waals surface area (Å²) in [5.41, 5.74) is 5.93. The van der Waals surface area contributed by atoms with Crippen LogP contribution in [0, 0.1) is 0 Å². The van der Waals surface area contributed by atoms with Crippen LogP contribution < -0.4 is 4.72 Å². The minimum absolute atomic E-state index is 0.484. The Morgan fingerprint density at radius 2 is 1.74 bits per heavy atom. The van der Waals surface area contributed by atoms with Gasteiger partial charge in [-0.1, -0.05) is 6.07 Å². The molecule has 0 spiro atoms. The van der Waals surface area contributed by atoms with Crippen molar-refractivity contribution in [1.29, 1.82) is 0 Å². The highest BCUT2D eigenvalue weighted by atomic mass is 32.2. The lowest BCUT2D eigenvalue weighted by molar-refractivity contribution is 0.607. The van der Waals surface area contributed by atoms with Crippen molar-refractivity contribution in [1.82, 2.24) is 23.9 Å². The van der Waals surface area contributed by atoms with Gasteiger partial charge in [0.25, 0.3) is 0 Å². The molecule has 2 aromatic carbocycles. The number of benzene rings is 2. The molecule has 9 heteroatoms. The fraction of sp³-hybridized carbons (Fsp3) is 0.0909. The van der Waals surface area contributed by atoms with Crippen LogP contribution in [-0.4, -0.2) is 38.6 Å². The average molecular weight is 433 g/mol. The Labute approximate surface area is 179 Å². The smallest absolute Gasteiger partial charge is 0.229 e. The number of sulfonamides is 1. The maximum absolute atomic E-state index is 11.8. The molecule has 156 valence electrons. The number of hydrogen-bond donors (Lipinski definition) is 1. The third-order valence-electron chi connectivity index (χ3n) is 4.97. The summed E-state index contributed by atoms with van der Waals surface area (Å²) >= 11 is 0. The van der Waals surface area contributed by atoms with Crippen LogP contribution in [0.4, 0.5) is 5.69 Å². The van der Waals surface area contributed by atoms with Crippen molar-refractivity contribution < 1.29 is 8.42 Å². The molecule has 0 aliphatic heterocycles. The second kappa shape index (κ2) is 7.13. The van der Waals surface area contributed by atoms with Gasteiger partial charge in [-0.2, -0.15) is 5.10 Å². The molecule has 1 N–H and O–H groups in total. The fourth-order valence-electron chi connectivity index (χ4n) is 3.63. The van der Waals surface area contributed by atoms with Crippen molar-refractivity contribution in [3.63, 3.8) is 0 Å². The van der Waals surface area contributed by atoms with Gasteiger partial charge in [-0.3, -0.25) is 14.0 Å². The van der Waals surface area contributed by atoms with E-state index in [-0.39, 0.29) is 0 Å². The molecular formula is C22H20N6O2S. The Hall–Kier alpha value is -3.85. The summed E-state index contributed by atoms with van der Waals surface area (Å²) < 4.78 is 31.9. The predicted octanol–water partition coefficient (Wildman–Crippen LogP) is 3.59. The summed E-state index contributed by atoms with van der Waals surface area (Å²) in [5.74, 6) is 0. The van der Waals surface area contributed by atoms with Crippen LogP contribution in [-0.2, 0) is 17.1 Å². The molecule has 0 radical (unpaired) electrons. The van der Waals surface area contributed by atoms with Crippen molar-refractivity contribution in [3.05, 3.63) is 79.6 Å². The standard InChI is InChI=1S/C22H20N6O2S/c1-26-14-17(13-24-26)16-5-6-22-21(9-16)23-15-28(22)20-11-18(25-31(2,29)30)10-19(12-20)27-7-3-4-8-27/h3-15,25H,1-2H3. The van der Waals surface area contributed by atoms with Crippen LogP contribution in [0.5, 0.6) is 0 Å². The van der Waals surface area contributed by atoms with Crippen molar-refractivity contribution >= 4 is 26.7 Å². The van der Waals surface area contributed by atoms with E-state index in [0.717, 1.165) is 39.8 Å². The fourth-order valence-corrected chi connectivity index (χ4v) is 4.18. The molecule has 0 aliphatic rings. The third kappa shape index (κ3) is 3.82. The minimum atomic E-state index is -3.42. The zero-order valence-electron chi connectivity index (χ0n) is 17.0. The number of aromatic nitrogens is 5. The summed E-state index contributed by atoms with van der Waals surface area (Å²) in [6.45, 7) is 0. The number of aryl methyl sites for hydroxylation is 1. The molecule has 5 rings (SSSR count). The zero-order valence-corrected chi connectivity index (χ0v) is 17.8. The van der Waals surface area contributed by atoms with Crippen LogP contribution in [0.1, 0.15) is 0 Å². The van der Waals surface area contributed by atoms with Gasteiger partial charge in [-0.25, -0.2) is 13.4 Å². The van der Waals surface area contributed by atoms with Gasteiger partial charge in [0.2, 0.25) is 10.0 Å². The maximum atomic E-state index is 11.8. The van der Waals surface area contributed by atoms with Crippen molar-refractivity contribution in [3.8, 4) is 22.5 Å². The van der Waals surface area contributed by atoms with Gasteiger partial charge >= 0.3 is 0 Å². The van der Waals surface area contributed by atoms with Crippen molar-refractivity contribution in [2.24, 2.45) is 7.05 Å². The molecule has 0 amide bonds. The number of rotatable bonds is 5. The molecule has 0 saturated carbocycles. The Balaban J connectivity index is 1.63. The lowest BCUT2D eigenvalue weighted by Gasteiger charge is -2.13. The first-order valence-corrected chi connectivity index (χ1v) is 11.5. The molecule has 0 unspecified atom stereocenters. The summed E-state index contributed by atoms with van der Waals surface area (Å²) in [6.07, 6.45) is 10.5. The van der Waals surface area contributed by atoms with E-state index in [2.05, 4.69) is 14.8 Å². The predicted molar refractivity (Wildman–Crippen MR) is 121 cm³/mol. The minimum Gasteiger partial charge on any atom is -0.324 e.